The number of aliphatic hydroxyl groups excluding tert-OH is 1. The van der Waals surface area contributed by atoms with Gasteiger partial charge in [0.2, 0.25) is 15.6 Å². The number of aliphatic hydroxyl groups is 1. The lowest BCUT2D eigenvalue weighted by Crippen LogP contribution is -2.08. The normalized spacial score (nSPS) is 12.1. The number of hydrogen-bond donors (Lipinski definition) is 2. The number of carbonyl (C=O) groups is 2. The first-order valence-corrected chi connectivity index (χ1v) is 7.37. The SMILES string of the molecule is O=C(O)C(O)=CC(=O)c1cocc1S(=O)(=O)c1ccccc1. The Hall–Kier alpha value is -2.87. The molecule has 1 heterocycles. The minimum absolute atomic E-state index is 0.0445. The van der Waals surface area contributed by atoms with E-state index < -0.39 is 32.2 Å². The van der Waals surface area contributed by atoms with Gasteiger partial charge in [-0.3, -0.25) is 4.79 Å². The van der Waals surface area contributed by atoms with Crippen LogP contribution in [0.1, 0.15) is 10.4 Å². The molecule has 0 atom stereocenters. The lowest BCUT2D eigenvalue weighted by Gasteiger charge is -2.03. The topological polar surface area (TPSA) is 122 Å². The van der Waals surface area contributed by atoms with Crippen LogP contribution in [0.5, 0.6) is 0 Å². The van der Waals surface area contributed by atoms with Gasteiger partial charge in [0.15, 0.2) is 5.78 Å². The van der Waals surface area contributed by atoms with E-state index in [9.17, 15) is 18.0 Å². The van der Waals surface area contributed by atoms with E-state index in [4.69, 9.17) is 14.6 Å². The molecule has 1 aromatic heterocycles. The molecule has 22 heavy (non-hydrogen) atoms. The number of carboxylic acids is 1. The van der Waals surface area contributed by atoms with Crippen LogP contribution in [0.2, 0.25) is 0 Å². The van der Waals surface area contributed by atoms with Gasteiger partial charge in [-0.05, 0) is 12.1 Å². The zero-order chi connectivity index (χ0) is 16.3. The van der Waals surface area contributed by atoms with Crippen LogP contribution in [-0.4, -0.2) is 30.4 Å². The van der Waals surface area contributed by atoms with E-state index in [-0.39, 0.29) is 10.5 Å². The van der Waals surface area contributed by atoms with E-state index in [2.05, 4.69) is 0 Å². The maximum absolute atomic E-state index is 12.4. The summed E-state index contributed by atoms with van der Waals surface area (Å²) in [4.78, 5) is 21.9. The van der Waals surface area contributed by atoms with Gasteiger partial charge in [-0.25, -0.2) is 13.2 Å². The predicted octanol–water partition coefficient (Wildman–Crippen LogP) is 1.82. The third-order valence-corrected chi connectivity index (χ3v) is 4.51. The summed E-state index contributed by atoms with van der Waals surface area (Å²) in [5, 5.41) is 17.6. The largest absolute Gasteiger partial charge is 0.502 e. The molecular formula is C14H10O7S. The van der Waals surface area contributed by atoms with Gasteiger partial charge in [0, 0.05) is 6.08 Å². The van der Waals surface area contributed by atoms with Crippen molar-refractivity contribution in [3.05, 3.63) is 60.3 Å². The molecule has 0 aliphatic rings. The summed E-state index contributed by atoms with van der Waals surface area (Å²) in [6, 6.07) is 7.37. The molecule has 2 N–H and O–H groups in total. The number of aliphatic carboxylic acids is 1. The molecular weight excluding hydrogens is 312 g/mol. The molecule has 2 aromatic rings. The second kappa shape index (κ2) is 5.86. The van der Waals surface area contributed by atoms with E-state index in [1.165, 1.54) is 24.3 Å². The summed E-state index contributed by atoms with van der Waals surface area (Å²) < 4.78 is 29.6. The second-order valence-corrected chi connectivity index (χ2v) is 6.08. The maximum atomic E-state index is 12.4. The van der Waals surface area contributed by atoms with Crippen molar-refractivity contribution in [2.75, 3.05) is 0 Å². The van der Waals surface area contributed by atoms with Gasteiger partial charge in [0.25, 0.3) is 0 Å². The molecule has 0 amide bonds. The summed E-state index contributed by atoms with van der Waals surface area (Å²) in [6.45, 7) is 0. The highest BCUT2D eigenvalue weighted by Gasteiger charge is 2.26. The molecule has 0 saturated carbocycles. The molecule has 0 unspecified atom stereocenters. The molecule has 7 nitrogen and oxygen atoms in total. The number of carboxylic acid groups (broad SMARTS) is 1. The van der Waals surface area contributed by atoms with Gasteiger partial charge in [-0.2, -0.15) is 0 Å². The fourth-order valence-electron chi connectivity index (χ4n) is 1.66. The van der Waals surface area contributed by atoms with Gasteiger partial charge in [0.05, 0.1) is 10.5 Å². The molecule has 8 heteroatoms. The van der Waals surface area contributed by atoms with Crippen LogP contribution in [0.3, 0.4) is 0 Å². The molecule has 1 aromatic carbocycles. The summed E-state index contributed by atoms with van der Waals surface area (Å²) in [6.07, 6.45) is 2.17. The fraction of sp³-hybridized carbons (Fsp3) is 0. The average molecular weight is 322 g/mol. The quantitative estimate of drug-likeness (QED) is 0.489. The summed E-state index contributed by atoms with van der Waals surface area (Å²) in [7, 11) is -4.00. The van der Waals surface area contributed by atoms with Crippen molar-refractivity contribution in [1.29, 1.82) is 0 Å². The molecule has 0 fully saturated rings. The van der Waals surface area contributed by atoms with Gasteiger partial charge >= 0.3 is 5.97 Å². The van der Waals surface area contributed by atoms with Crippen molar-refractivity contribution < 1.29 is 32.6 Å². The van der Waals surface area contributed by atoms with Crippen LogP contribution in [0.15, 0.2) is 68.9 Å². The van der Waals surface area contributed by atoms with E-state index in [1.807, 2.05) is 0 Å². The Morgan fingerprint density at radius 1 is 1.05 bits per heavy atom. The number of sulfone groups is 1. The summed E-state index contributed by atoms with van der Waals surface area (Å²) >= 11 is 0. The van der Waals surface area contributed by atoms with Gasteiger partial charge in [-0.15, -0.1) is 0 Å². The third-order valence-electron chi connectivity index (χ3n) is 2.72. The monoisotopic (exact) mass is 322 g/mol. The summed E-state index contributed by atoms with van der Waals surface area (Å²) in [5.74, 6) is -3.90. The van der Waals surface area contributed by atoms with Crippen LogP contribution in [0.4, 0.5) is 0 Å². The number of ketones is 1. The number of hydrogen-bond acceptors (Lipinski definition) is 6. The van der Waals surface area contributed by atoms with Gasteiger partial charge < -0.3 is 14.6 Å². The molecule has 0 aliphatic heterocycles. The molecule has 2 rings (SSSR count). The van der Waals surface area contributed by atoms with Gasteiger partial charge in [-0.1, -0.05) is 18.2 Å². The molecule has 0 saturated heterocycles. The first-order chi connectivity index (χ1) is 10.3. The van der Waals surface area contributed by atoms with Crippen molar-refractivity contribution in [1.82, 2.24) is 0 Å². The van der Waals surface area contributed by atoms with E-state index in [0.717, 1.165) is 12.5 Å². The maximum Gasteiger partial charge on any atom is 0.371 e. The van der Waals surface area contributed by atoms with E-state index in [1.54, 1.807) is 6.07 Å². The minimum Gasteiger partial charge on any atom is -0.502 e. The Morgan fingerprint density at radius 2 is 1.68 bits per heavy atom. The highest BCUT2D eigenvalue weighted by atomic mass is 32.2. The van der Waals surface area contributed by atoms with Crippen LogP contribution >= 0.6 is 0 Å². The van der Waals surface area contributed by atoms with Crippen LogP contribution in [0, 0.1) is 0 Å². The van der Waals surface area contributed by atoms with Crippen molar-refractivity contribution in [3.8, 4) is 0 Å². The third kappa shape index (κ3) is 2.91. The first kappa shape index (κ1) is 15.5. The van der Waals surface area contributed by atoms with E-state index in [0.29, 0.717) is 6.08 Å². The number of allylic oxidation sites excluding steroid dienone is 1. The molecule has 114 valence electrons. The number of carbonyl (C=O) groups excluding carboxylic acids is 1. The Kier molecular flexibility index (Phi) is 4.13. The van der Waals surface area contributed by atoms with Crippen molar-refractivity contribution in [2.45, 2.75) is 9.79 Å². The number of rotatable bonds is 5. The highest BCUT2D eigenvalue weighted by molar-refractivity contribution is 7.91. The predicted molar refractivity (Wildman–Crippen MR) is 73.3 cm³/mol. The smallest absolute Gasteiger partial charge is 0.371 e. The minimum atomic E-state index is -4.00. The molecule has 0 aliphatic carbocycles. The molecule has 0 spiro atoms. The first-order valence-electron chi connectivity index (χ1n) is 5.88. The number of furan rings is 1. The van der Waals surface area contributed by atoms with Crippen LogP contribution < -0.4 is 0 Å². The van der Waals surface area contributed by atoms with Crippen LogP contribution in [-0.2, 0) is 14.6 Å². The highest BCUT2D eigenvalue weighted by Crippen LogP contribution is 2.25. The Bertz CT molecular complexity index is 844. The summed E-state index contributed by atoms with van der Waals surface area (Å²) in [5.41, 5.74) is -0.364. The van der Waals surface area contributed by atoms with E-state index >= 15 is 0 Å². The Morgan fingerprint density at radius 3 is 2.27 bits per heavy atom. The lowest BCUT2D eigenvalue weighted by atomic mass is 10.2. The lowest BCUT2D eigenvalue weighted by molar-refractivity contribution is -0.135. The fourth-order valence-corrected chi connectivity index (χ4v) is 3.05. The van der Waals surface area contributed by atoms with Crippen LogP contribution in [0.25, 0.3) is 0 Å². The molecule has 0 bridgehead atoms. The average Bonchev–Trinajstić information content (AvgIpc) is 2.98. The zero-order valence-corrected chi connectivity index (χ0v) is 11.8. The zero-order valence-electron chi connectivity index (χ0n) is 11.0. The standard InChI is InChI=1S/C14H10O7S/c15-11(6-12(16)14(17)18)10-7-21-8-13(10)22(19,20)9-4-2-1-3-5-9/h1-8,16H,(H,17,18). The Balaban J connectivity index is 2.49. The van der Waals surface area contributed by atoms with Crippen molar-refractivity contribution in [2.24, 2.45) is 0 Å². The van der Waals surface area contributed by atoms with Crippen molar-refractivity contribution in [3.63, 3.8) is 0 Å². The van der Waals surface area contributed by atoms with Gasteiger partial charge in [0.1, 0.15) is 17.4 Å². The second-order valence-electron chi connectivity index (χ2n) is 4.17. The number of benzene rings is 1. The molecule has 0 radical (unpaired) electrons. The Labute approximate surface area is 125 Å². The van der Waals surface area contributed by atoms with Crippen molar-refractivity contribution >= 4 is 21.6 Å².